The summed E-state index contributed by atoms with van der Waals surface area (Å²) in [5.74, 6) is 0.453. The molecule has 24 heavy (non-hydrogen) atoms. The summed E-state index contributed by atoms with van der Waals surface area (Å²) in [6, 6.07) is 23.0. The number of nitrogens with zero attached hydrogens (tertiary/aromatic N) is 1. The zero-order valence-electron chi connectivity index (χ0n) is 13.7. The van der Waals surface area contributed by atoms with Gasteiger partial charge in [-0.2, -0.15) is 0 Å². The van der Waals surface area contributed by atoms with Crippen LogP contribution >= 0.6 is 24.0 Å². The van der Waals surface area contributed by atoms with Gasteiger partial charge in [-0.25, -0.2) is 0 Å². The molecule has 0 spiro atoms. The highest BCUT2D eigenvalue weighted by Gasteiger charge is 1.98. The van der Waals surface area contributed by atoms with E-state index in [0.29, 0.717) is 12.5 Å². The number of guanidine groups is 1. The SMILES string of the molecule is Cc1ccc(NC(N)=NCCc2ccc3ccccc3c2)cc1.I. The highest BCUT2D eigenvalue weighted by atomic mass is 127. The minimum atomic E-state index is 0. The summed E-state index contributed by atoms with van der Waals surface area (Å²) in [5.41, 5.74) is 9.40. The van der Waals surface area contributed by atoms with Crippen LogP contribution in [0.5, 0.6) is 0 Å². The highest BCUT2D eigenvalue weighted by Crippen LogP contribution is 2.16. The van der Waals surface area contributed by atoms with Crippen LogP contribution in [0.4, 0.5) is 5.69 Å². The molecule has 0 fully saturated rings. The van der Waals surface area contributed by atoms with Crippen molar-refractivity contribution in [2.45, 2.75) is 13.3 Å². The zero-order valence-corrected chi connectivity index (χ0v) is 16.0. The number of halogens is 1. The summed E-state index contributed by atoms with van der Waals surface area (Å²) < 4.78 is 0. The maximum atomic E-state index is 5.94. The fourth-order valence-electron chi connectivity index (χ4n) is 2.52. The fourth-order valence-corrected chi connectivity index (χ4v) is 2.52. The molecule has 4 heteroatoms. The second kappa shape index (κ2) is 8.68. The average molecular weight is 431 g/mol. The monoisotopic (exact) mass is 431 g/mol. The Balaban J connectivity index is 0.00000208. The Hall–Kier alpha value is -2.08. The minimum absolute atomic E-state index is 0. The molecule has 124 valence electrons. The van der Waals surface area contributed by atoms with Crippen molar-refractivity contribution >= 4 is 46.4 Å². The van der Waals surface area contributed by atoms with Crippen molar-refractivity contribution in [2.75, 3.05) is 11.9 Å². The van der Waals surface area contributed by atoms with Crippen molar-refractivity contribution in [1.82, 2.24) is 0 Å². The highest BCUT2D eigenvalue weighted by molar-refractivity contribution is 14.0. The van der Waals surface area contributed by atoms with Gasteiger partial charge in [-0.15, -0.1) is 24.0 Å². The van der Waals surface area contributed by atoms with E-state index in [1.165, 1.54) is 21.9 Å². The van der Waals surface area contributed by atoms with Crippen LogP contribution in [0.2, 0.25) is 0 Å². The molecule has 0 saturated heterocycles. The molecule has 0 saturated carbocycles. The Morgan fingerprint density at radius 1 is 0.958 bits per heavy atom. The lowest BCUT2D eigenvalue weighted by Crippen LogP contribution is -2.23. The van der Waals surface area contributed by atoms with Crippen molar-refractivity contribution in [3.63, 3.8) is 0 Å². The van der Waals surface area contributed by atoms with E-state index in [2.05, 4.69) is 59.7 Å². The van der Waals surface area contributed by atoms with Crippen LogP contribution < -0.4 is 11.1 Å². The molecular weight excluding hydrogens is 409 g/mol. The first kappa shape index (κ1) is 18.3. The molecule has 0 aliphatic carbocycles. The Bertz CT molecular complexity index is 826. The van der Waals surface area contributed by atoms with Gasteiger partial charge in [-0.05, 0) is 41.8 Å². The number of nitrogens with one attached hydrogen (secondary N) is 1. The summed E-state index contributed by atoms with van der Waals surface area (Å²) in [6.07, 6.45) is 0.876. The second-order valence-electron chi connectivity index (χ2n) is 5.69. The maximum absolute atomic E-state index is 5.94. The number of aliphatic imine (C=N–C) groups is 1. The molecule has 0 bridgehead atoms. The third kappa shape index (κ3) is 4.96. The molecule has 0 aliphatic rings. The van der Waals surface area contributed by atoms with Crippen LogP contribution in [-0.2, 0) is 6.42 Å². The van der Waals surface area contributed by atoms with Crippen LogP contribution in [0, 0.1) is 6.92 Å². The number of aryl methyl sites for hydroxylation is 1. The van der Waals surface area contributed by atoms with Gasteiger partial charge in [0.2, 0.25) is 0 Å². The van der Waals surface area contributed by atoms with Gasteiger partial charge in [0.05, 0.1) is 0 Å². The van der Waals surface area contributed by atoms with E-state index in [4.69, 9.17) is 5.73 Å². The number of hydrogen-bond acceptors (Lipinski definition) is 1. The summed E-state index contributed by atoms with van der Waals surface area (Å²) in [7, 11) is 0. The lowest BCUT2D eigenvalue weighted by molar-refractivity contribution is 0.966. The van der Waals surface area contributed by atoms with Crippen molar-refractivity contribution in [3.8, 4) is 0 Å². The predicted molar refractivity (Wildman–Crippen MR) is 114 cm³/mol. The largest absolute Gasteiger partial charge is 0.370 e. The molecule has 0 amide bonds. The van der Waals surface area contributed by atoms with Gasteiger partial charge >= 0.3 is 0 Å². The van der Waals surface area contributed by atoms with Crippen molar-refractivity contribution < 1.29 is 0 Å². The van der Waals surface area contributed by atoms with Crippen molar-refractivity contribution in [1.29, 1.82) is 0 Å². The summed E-state index contributed by atoms with van der Waals surface area (Å²) in [5, 5.41) is 5.64. The van der Waals surface area contributed by atoms with Gasteiger partial charge in [-0.1, -0.05) is 60.2 Å². The molecule has 3 aromatic carbocycles. The Morgan fingerprint density at radius 3 is 2.42 bits per heavy atom. The number of anilines is 1. The topological polar surface area (TPSA) is 50.4 Å². The van der Waals surface area contributed by atoms with Crippen LogP contribution in [-0.4, -0.2) is 12.5 Å². The molecule has 3 aromatic rings. The van der Waals surface area contributed by atoms with E-state index >= 15 is 0 Å². The third-order valence-electron chi connectivity index (χ3n) is 3.82. The number of nitrogens with two attached hydrogens (primary N) is 1. The second-order valence-corrected chi connectivity index (χ2v) is 5.69. The quantitative estimate of drug-likeness (QED) is 0.356. The predicted octanol–water partition coefficient (Wildman–Crippen LogP) is 4.74. The molecule has 0 heterocycles. The van der Waals surface area contributed by atoms with Gasteiger partial charge in [0.15, 0.2) is 5.96 Å². The van der Waals surface area contributed by atoms with Crippen molar-refractivity contribution in [3.05, 3.63) is 77.9 Å². The van der Waals surface area contributed by atoms with E-state index in [0.717, 1.165) is 12.1 Å². The van der Waals surface area contributed by atoms with E-state index in [9.17, 15) is 0 Å². The Kier molecular flexibility index (Phi) is 6.61. The lowest BCUT2D eigenvalue weighted by Gasteiger charge is -2.06. The summed E-state index contributed by atoms with van der Waals surface area (Å²) in [6.45, 7) is 2.73. The van der Waals surface area contributed by atoms with Crippen LogP contribution in [0.3, 0.4) is 0 Å². The van der Waals surface area contributed by atoms with Gasteiger partial charge in [0, 0.05) is 12.2 Å². The Labute approximate surface area is 160 Å². The lowest BCUT2D eigenvalue weighted by atomic mass is 10.1. The number of benzene rings is 3. The molecule has 0 aliphatic heterocycles. The molecule has 3 N–H and O–H groups in total. The summed E-state index contributed by atoms with van der Waals surface area (Å²) >= 11 is 0. The first-order valence-electron chi connectivity index (χ1n) is 7.82. The number of rotatable bonds is 4. The standard InChI is InChI=1S/C20H21N3.HI/c1-15-6-10-19(11-7-15)23-20(21)22-13-12-16-8-9-17-4-2-3-5-18(17)14-16;/h2-11,14H,12-13H2,1H3,(H3,21,22,23);1H. The van der Waals surface area contributed by atoms with Crippen LogP contribution in [0.15, 0.2) is 71.7 Å². The van der Waals surface area contributed by atoms with E-state index in [1.807, 2.05) is 24.3 Å². The maximum Gasteiger partial charge on any atom is 0.193 e. The van der Waals surface area contributed by atoms with Crippen LogP contribution in [0.1, 0.15) is 11.1 Å². The molecule has 3 rings (SSSR count). The minimum Gasteiger partial charge on any atom is -0.370 e. The Morgan fingerprint density at radius 2 is 1.67 bits per heavy atom. The van der Waals surface area contributed by atoms with E-state index < -0.39 is 0 Å². The first-order chi connectivity index (χ1) is 11.2. The average Bonchev–Trinajstić information content (AvgIpc) is 2.57. The van der Waals surface area contributed by atoms with Gasteiger partial charge in [0.1, 0.15) is 0 Å². The third-order valence-corrected chi connectivity index (χ3v) is 3.82. The fraction of sp³-hybridized carbons (Fsp3) is 0.150. The smallest absolute Gasteiger partial charge is 0.193 e. The molecule has 0 radical (unpaired) electrons. The normalized spacial score (nSPS) is 11.1. The van der Waals surface area contributed by atoms with E-state index in [1.54, 1.807) is 0 Å². The van der Waals surface area contributed by atoms with Gasteiger partial charge in [0.25, 0.3) is 0 Å². The van der Waals surface area contributed by atoms with Crippen LogP contribution in [0.25, 0.3) is 10.8 Å². The number of hydrogen-bond donors (Lipinski definition) is 2. The zero-order chi connectivity index (χ0) is 16.1. The molecule has 0 atom stereocenters. The molecular formula is C20H22IN3. The van der Waals surface area contributed by atoms with Crippen molar-refractivity contribution in [2.24, 2.45) is 10.7 Å². The molecule has 0 aromatic heterocycles. The van der Waals surface area contributed by atoms with E-state index in [-0.39, 0.29) is 24.0 Å². The first-order valence-corrected chi connectivity index (χ1v) is 7.82. The van der Waals surface area contributed by atoms with Gasteiger partial charge < -0.3 is 11.1 Å². The number of fused-ring (bicyclic) bond motifs is 1. The van der Waals surface area contributed by atoms with Gasteiger partial charge in [-0.3, -0.25) is 4.99 Å². The molecule has 3 nitrogen and oxygen atoms in total. The summed E-state index contributed by atoms with van der Waals surface area (Å²) in [4.78, 5) is 4.40. The molecule has 0 unspecified atom stereocenters.